The molecule has 2 aliphatic rings. The standard InChI is InChI=1S/C26H23ClN2O4/c27-21-8-4-3-7-20(21)26(31)29-16-19-6-2-1-5-18(19)14-22(29)25(30)28-15-17-9-10-23-24(13-17)33-12-11-32-23/h1-10,13,22H,11-12,14-16H2,(H,28,30). The quantitative estimate of drug-likeness (QED) is 0.636. The van der Waals surface area contributed by atoms with Crippen molar-refractivity contribution in [3.63, 3.8) is 0 Å². The van der Waals surface area contributed by atoms with Crippen molar-refractivity contribution in [2.75, 3.05) is 13.2 Å². The highest BCUT2D eigenvalue weighted by Crippen LogP contribution is 2.31. The molecule has 2 heterocycles. The van der Waals surface area contributed by atoms with Gasteiger partial charge < -0.3 is 19.7 Å². The van der Waals surface area contributed by atoms with E-state index in [0.717, 1.165) is 16.7 Å². The van der Waals surface area contributed by atoms with Gasteiger partial charge in [0.25, 0.3) is 5.91 Å². The third-order valence-corrected chi connectivity index (χ3v) is 6.32. The molecule has 0 bridgehead atoms. The largest absolute Gasteiger partial charge is 0.486 e. The van der Waals surface area contributed by atoms with E-state index >= 15 is 0 Å². The van der Waals surface area contributed by atoms with Gasteiger partial charge in [-0.15, -0.1) is 0 Å². The molecule has 0 saturated heterocycles. The van der Waals surface area contributed by atoms with Gasteiger partial charge in [-0.3, -0.25) is 9.59 Å². The number of ether oxygens (including phenoxy) is 2. The zero-order chi connectivity index (χ0) is 22.8. The van der Waals surface area contributed by atoms with Gasteiger partial charge in [-0.1, -0.05) is 54.1 Å². The van der Waals surface area contributed by atoms with Crippen LogP contribution >= 0.6 is 11.6 Å². The fraction of sp³-hybridized carbons (Fsp3) is 0.231. The van der Waals surface area contributed by atoms with Gasteiger partial charge in [-0.2, -0.15) is 0 Å². The molecule has 168 valence electrons. The van der Waals surface area contributed by atoms with Crippen LogP contribution in [0.25, 0.3) is 0 Å². The molecule has 1 atom stereocenters. The minimum absolute atomic E-state index is 0.209. The maximum Gasteiger partial charge on any atom is 0.256 e. The van der Waals surface area contributed by atoms with Gasteiger partial charge in [-0.25, -0.2) is 0 Å². The first-order valence-corrected chi connectivity index (χ1v) is 11.3. The maximum absolute atomic E-state index is 13.4. The second-order valence-corrected chi connectivity index (χ2v) is 8.50. The van der Waals surface area contributed by atoms with E-state index in [9.17, 15) is 9.59 Å². The highest BCUT2D eigenvalue weighted by Gasteiger charge is 2.35. The first-order valence-electron chi connectivity index (χ1n) is 10.9. The minimum atomic E-state index is -0.638. The van der Waals surface area contributed by atoms with Crippen LogP contribution < -0.4 is 14.8 Å². The van der Waals surface area contributed by atoms with Crippen molar-refractivity contribution in [1.82, 2.24) is 10.2 Å². The van der Waals surface area contributed by atoms with E-state index in [1.165, 1.54) is 0 Å². The Morgan fingerprint density at radius 3 is 2.48 bits per heavy atom. The monoisotopic (exact) mass is 462 g/mol. The van der Waals surface area contributed by atoms with Crippen molar-refractivity contribution in [3.05, 3.63) is 94.0 Å². The molecule has 1 unspecified atom stereocenters. The lowest BCUT2D eigenvalue weighted by Gasteiger charge is -2.36. The zero-order valence-electron chi connectivity index (χ0n) is 17.9. The number of benzene rings is 3. The molecule has 0 aliphatic carbocycles. The molecule has 2 amide bonds. The second kappa shape index (κ2) is 9.16. The summed E-state index contributed by atoms with van der Waals surface area (Å²) < 4.78 is 11.2. The molecule has 3 aromatic carbocycles. The lowest BCUT2D eigenvalue weighted by Crippen LogP contribution is -2.52. The maximum atomic E-state index is 13.4. The van der Waals surface area contributed by atoms with Crippen LogP contribution in [0.15, 0.2) is 66.7 Å². The summed E-state index contributed by atoms with van der Waals surface area (Å²) in [5, 5.41) is 3.37. The Morgan fingerprint density at radius 1 is 0.939 bits per heavy atom. The Morgan fingerprint density at radius 2 is 1.67 bits per heavy atom. The van der Waals surface area contributed by atoms with E-state index in [4.69, 9.17) is 21.1 Å². The third kappa shape index (κ3) is 4.39. The summed E-state index contributed by atoms with van der Waals surface area (Å²) in [6.45, 7) is 1.70. The molecular weight excluding hydrogens is 440 g/mol. The first-order chi connectivity index (χ1) is 16.1. The Labute approximate surface area is 197 Å². The van der Waals surface area contributed by atoms with Crippen molar-refractivity contribution in [2.45, 2.75) is 25.6 Å². The van der Waals surface area contributed by atoms with E-state index in [2.05, 4.69) is 5.32 Å². The second-order valence-electron chi connectivity index (χ2n) is 8.10. The van der Waals surface area contributed by atoms with Gasteiger partial charge in [0.15, 0.2) is 11.5 Å². The Hall–Kier alpha value is -3.51. The average molecular weight is 463 g/mol. The van der Waals surface area contributed by atoms with Crippen LogP contribution in [-0.2, 0) is 24.3 Å². The molecule has 0 saturated carbocycles. The first kappa shape index (κ1) is 21.3. The van der Waals surface area contributed by atoms with Gasteiger partial charge in [0, 0.05) is 19.5 Å². The van der Waals surface area contributed by atoms with E-state index in [1.807, 2.05) is 42.5 Å². The van der Waals surface area contributed by atoms with Crippen LogP contribution in [-0.4, -0.2) is 36.0 Å². The summed E-state index contributed by atoms with van der Waals surface area (Å²) in [6, 6.07) is 19.8. The molecule has 1 N–H and O–H groups in total. The smallest absolute Gasteiger partial charge is 0.256 e. The number of carbonyl (C=O) groups is 2. The van der Waals surface area contributed by atoms with Crippen LogP contribution in [0.3, 0.4) is 0 Å². The van der Waals surface area contributed by atoms with E-state index < -0.39 is 6.04 Å². The predicted octanol–water partition coefficient (Wildman–Crippen LogP) is 3.99. The van der Waals surface area contributed by atoms with E-state index in [0.29, 0.717) is 54.8 Å². The van der Waals surface area contributed by atoms with Gasteiger partial charge in [0.2, 0.25) is 5.91 Å². The molecule has 0 fully saturated rings. The summed E-state index contributed by atoms with van der Waals surface area (Å²) in [7, 11) is 0. The SMILES string of the molecule is O=C(NCc1ccc2c(c1)OCCO2)C1Cc2ccccc2CN1C(=O)c1ccccc1Cl. The molecule has 3 aromatic rings. The number of halogens is 1. The highest BCUT2D eigenvalue weighted by molar-refractivity contribution is 6.33. The number of carbonyl (C=O) groups excluding carboxylic acids is 2. The molecule has 0 aromatic heterocycles. The number of fused-ring (bicyclic) bond motifs is 2. The van der Waals surface area contributed by atoms with Crippen LogP contribution in [0.2, 0.25) is 5.02 Å². The number of hydrogen-bond acceptors (Lipinski definition) is 4. The fourth-order valence-electron chi connectivity index (χ4n) is 4.26. The van der Waals surface area contributed by atoms with Crippen molar-refractivity contribution >= 4 is 23.4 Å². The van der Waals surface area contributed by atoms with Gasteiger partial charge >= 0.3 is 0 Å². The number of nitrogens with zero attached hydrogens (tertiary/aromatic N) is 1. The Balaban J connectivity index is 1.37. The molecular formula is C26H23ClN2O4. The normalized spacial score (nSPS) is 16.6. The van der Waals surface area contributed by atoms with Crippen LogP contribution in [0.5, 0.6) is 11.5 Å². The predicted molar refractivity (Wildman–Crippen MR) is 125 cm³/mol. The number of hydrogen-bond donors (Lipinski definition) is 1. The van der Waals surface area contributed by atoms with E-state index in [-0.39, 0.29) is 11.8 Å². The molecule has 7 heteroatoms. The molecule has 6 nitrogen and oxygen atoms in total. The summed E-state index contributed by atoms with van der Waals surface area (Å²) in [5.74, 6) is 0.918. The van der Waals surface area contributed by atoms with E-state index in [1.54, 1.807) is 29.2 Å². The molecule has 0 spiro atoms. The van der Waals surface area contributed by atoms with Crippen LogP contribution in [0, 0.1) is 0 Å². The number of rotatable bonds is 4. The van der Waals surface area contributed by atoms with Crippen LogP contribution in [0.4, 0.5) is 0 Å². The zero-order valence-corrected chi connectivity index (χ0v) is 18.7. The van der Waals surface area contributed by atoms with Gasteiger partial charge in [0.05, 0.1) is 10.6 Å². The van der Waals surface area contributed by atoms with Crippen LogP contribution in [0.1, 0.15) is 27.0 Å². The fourth-order valence-corrected chi connectivity index (χ4v) is 4.48. The highest BCUT2D eigenvalue weighted by atomic mass is 35.5. The van der Waals surface area contributed by atoms with Crippen molar-refractivity contribution < 1.29 is 19.1 Å². The minimum Gasteiger partial charge on any atom is -0.486 e. The number of amides is 2. The molecule has 5 rings (SSSR count). The van der Waals surface area contributed by atoms with Crippen molar-refractivity contribution in [3.8, 4) is 11.5 Å². The van der Waals surface area contributed by atoms with Crippen molar-refractivity contribution in [2.24, 2.45) is 0 Å². The summed E-state index contributed by atoms with van der Waals surface area (Å²) in [5.41, 5.74) is 3.39. The average Bonchev–Trinajstić information content (AvgIpc) is 2.86. The molecule has 0 radical (unpaired) electrons. The third-order valence-electron chi connectivity index (χ3n) is 5.99. The van der Waals surface area contributed by atoms with Gasteiger partial charge in [0.1, 0.15) is 19.3 Å². The van der Waals surface area contributed by atoms with Gasteiger partial charge in [-0.05, 0) is 41.0 Å². The molecule has 2 aliphatic heterocycles. The Bertz CT molecular complexity index is 1210. The lowest BCUT2D eigenvalue weighted by atomic mass is 9.92. The lowest BCUT2D eigenvalue weighted by molar-refractivity contribution is -0.126. The summed E-state index contributed by atoms with van der Waals surface area (Å²) in [4.78, 5) is 28.3. The van der Waals surface area contributed by atoms with Crippen molar-refractivity contribution in [1.29, 1.82) is 0 Å². The Kier molecular flexibility index (Phi) is 5.92. The summed E-state index contributed by atoms with van der Waals surface area (Å²) in [6.07, 6.45) is 0.444. The molecule has 33 heavy (non-hydrogen) atoms. The summed E-state index contributed by atoms with van der Waals surface area (Å²) >= 11 is 6.29. The number of nitrogens with one attached hydrogen (secondary N) is 1. The topological polar surface area (TPSA) is 67.9 Å².